The van der Waals surface area contributed by atoms with Crippen LogP contribution in [0, 0.1) is 11.8 Å². The monoisotopic (exact) mass is 1800 g/mol. The topological polar surface area (TPSA) is 449 Å². The summed E-state index contributed by atoms with van der Waals surface area (Å²) in [4.78, 5) is 74.6. The number of hydrogen-bond acceptors (Lipinski definition) is 31. The molecule has 0 atom stereocenters. The Kier molecular flexibility index (Phi) is 55.3. The number of methoxy groups -OCH3 is 2. The Balaban J connectivity index is 0.000000398. The van der Waals surface area contributed by atoms with Crippen LogP contribution in [0.1, 0.15) is 101 Å². The van der Waals surface area contributed by atoms with Gasteiger partial charge >= 0.3 is 30.8 Å². The van der Waals surface area contributed by atoms with Crippen molar-refractivity contribution in [2.45, 2.75) is 102 Å². The van der Waals surface area contributed by atoms with Crippen LogP contribution in [0.3, 0.4) is 0 Å². The molecule has 0 aromatic heterocycles. The standard InChI is InChI=1S/C35H49N5O7S.C29H39N5O4S.C24H46O13.Li.H2O/c1-5-12-39(13-6-2)35(43)29-17-27-8-7-26(18-32(27)37-33(36)19-29)31-20-30(48(44,45)40-21-25(22-40)24-41)10-9-28(31)23-38(3)14-16-47-15-11-34(42)46-4;1-4-10-33(11-5-2)29(36)24-12-22-7-6-21(13-27(22)32-28(30)14-24)26-15-25(9-8-23(26)16-31-3)39(37,38)34-17-20(18-34)19-35;1-27-24(26)2-4-28-6-8-30-10-12-32-14-16-34-18-20-36-22-23-37-21-19-35-17-15-33-13-11-31-9-7-29-5-3-25;;/h7-10,17-18,20,25,41H,5-6,11-16,19,21-24H2,1-4H3,(H2,36,37);6-9,12-13,15,20,31,35H,4-5,10-11,14,16-19H2,1-3H3,(H2,30,32);3H,2,4-23H2,1H3;;1H2/q;;;+1;/p-1. The Morgan fingerprint density at radius 1 is 0.484 bits per heavy atom. The summed E-state index contributed by atoms with van der Waals surface area (Å²) in [5.74, 6) is -0.0530. The van der Waals surface area contributed by atoms with Gasteiger partial charge in [0, 0.05) is 132 Å². The summed E-state index contributed by atoms with van der Waals surface area (Å²) < 4.78 is 124. The van der Waals surface area contributed by atoms with E-state index >= 15 is 0 Å². The van der Waals surface area contributed by atoms with E-state index in [1.807, 2.05) is 98.4 Å². The van der Waals surface area contributed by atoms with Crippen molar-refractivity contribution in [1.29, 1.82) is 0 Å². The Morgan fingerprint density at radius 2 is 0.817 bits per heavy atom. The molecule has 8 N–H and O–H groups in total. The Bertz CT molecular complexity index is 4260. The van der Waals surface area contributed by atoms with Crippen molar-refractivity contribution in [3.05, 3.63) is 106 Å². The first-order valence-corrected chi connectivity index (χ1v) is 45.6. The molecule has 0 bridgehead atoms. The number of aliphatic hydroxyl groups excluding tert-OH is 2. The van der Waals surface area contributed by atoms with Gasteiger partial charge in [0.05, 0.1) is 187 Å². The second-order valence-electron chi connectivity index (χ2n) is 29.7. The number of amides is 2. The minimum absolute atomic E-state index is 0. The molecule has 4 aliphatic heterocycles. The van der Waals surface area contributed by atoms with Gasteiger partial charge in [0.1, 0.15) is 24.6 Å². The molecule has 2 fully saturated rings. The van der Waals surface area contributed by atoms with Gasteiger partial charge in [-0.1, -0.05) is 64.1 Å². The van der Waals surface area contributed by atoms with E-state index in [9.17, 15) is 51.0 Å². The van der Waals surface area contributed by atoms with E-state index in [2.05, 4.69) is 43.5 Å². The van der Waals surface area contributed by atoms with E-state index < -0.39 is 20.0 Å². The van der Waals surface area contributed by atoms with E-state index in [0.717, 1.165) is 70.2 Å². The summed E-state index contributed by atoms with van der Waals surface area (Å²) in [5, 5.41) is 21.9. The molecular weight excluding hydrogens is 1670 g/mol. The molecule has 0 spiro atoms. The summed E-state index contributed by atoms with van der Waals surface area (Å²) >= 11 is 0. The summed E-state index contributed by atoms with van der Waals surface area (Å²) in [6, 6.07) is 21.8. The van der Waals surface area contributed by atoms with Gasteiger partial charge in [-0.3, -0.25) is 24.1 Å². The van der Waals surface area contributed by atoms with Crippen molar-refractivity contribution in [2.75, 3.05) is 246 Å². The number of fused-ring (bicyclic) bond motifs is 2. The van der Waals surface area contributed by atoms with Crippen molar-refractivity contribution in [1.82, 2.24) is 28.6 Å². The number of ether oxygens (including phenoxy) is 13. The number of nitrogens with one attached hydrogen (secondary N) is 1. The zero-order valence-electron chi connectivity index (χ0n) is 75.1. The molecule has 8 rings (SSSR count). The average molecular weight is 1800 g/mol. The Morgan fingerprint density at radius 3 is 1.15 bits per heavy atom. The third kappa shape index (κ3) is 38.7. The van der Waals surface area contributed by atoms with Gasteiger partial charge in [0.25, 0.3) is 0 Å². The number of nitrogens with two attached hydrogens (primary N) is 2. The fourth-order valence-corrected chi connectivity index (χ4v) is 16.5. The Labute approximate surface area is 756 Å². The maximum absolute atomic E-state index is 13.5. The van der Waals surface area contributed by atoms with E-state index in [0.29, 0.717) is 232 Å². The number of aliphatic imine (C=N–C) groups is 2. The summed E-state index contributed by atoms with van der Waals surface area (Å²) in [5.41, 5.74) is 21.6. The van der Waals surface area contributed by atoms with Gasteiger partial charge in [-0.2, -0.15) is 8.61 Å². The fraction of sp³-hybridized carbons (Fsp3) is 0.602. The van der Waals surface area contributed by atoms with Crippen LogP contribution in [-0.4, -0.2) is 343 Å². The van der Waals surface area contributed by atoms with Crippen LogP contribution >= 0.6 is 0 Å². The van der Waals surface area contributed by atoms with Crippen molar-refractivity contribution in [3.63, 3.8) is 0 Å². The third-order valence-corrected chi connectivity index (χ3v) is 23.5. The average Bonchev–Trinajstić information content (AvgIpc) is 0.819. The van der Waals surface area contributed by atoms with Gasteiger partial charge in [0.15, 0.2) is 0 Å². The van der Waals surface area contributed by atoms with Crippen LogP contribution in [0.15, 0.2) is 104 Å². The number of sulfonamides is 2. The van der Waals surface area contributed by atoms with Gasteiger partial charge in [-0.25, -0.2) is 26.8 Å². The molecule has 2 saturated heterocycles. The fourth-order valence-electron chi connectivity index (χ4n) is 13.2. The first-order chi connectivity index (χ1) is 60.0. The molecule has 4 aliphatic rings. The number of likely N-dealkylation sites (N-methyl/N-ethyl adjacent to an activating group) is 1. The molecule has 0 unspecified atom stereocenters. The number of hydrogen-bond donors (Lipinski definition) is 5. The van der Waals surface area contributed by atoms with Crippen molar-refractivity contribution < 1.29 is 137 Å². The number of aldehydes is 1. The SMILES string of the molecule is CCCN(CCC)C(=O)C1=Cc2ccc(-c3cc(S(=O)(=O)N4CC(CO)C4)ccc3CN(C)CCOCCC(=O)OC)cc2N=C(N)C1.CCCN(CCC)C(=O)C1=Cc2ccc(-c3cc(S(=O)(=O)N4CC(CO)C4)ccc3CNC)cc2N=C(N)C1.COC(=O)CCOCCOCCOCCOCCOCCOCCOCCOCCOCCOCC=O.[Li+].[OH-]. The van der Waals surface area contributed by atoms with E-state index in [1.54, 1.807) is 24.3 Å². The molecule has 0 aliphatic carbocycles. The molecule has 38 heteroatoms. The third-order valence-electron chi connectivity index (χ3n) is 19.8. The summed E-state index contributed by atoms with van der Waals surface area (Å²) in [6.07, 6.45) is 8.86. The first-order valence-electron chi connectivity index (χ1n) is 42.7. The number of amidine groups is 2. The van der Waals surface area contributed by atoms with Gasteiger partial charge in [0.2, 0.25) is 31.9 Å². The van der Waals surface area contributed by atoms with Gasteiger partial charge < -0.3 is 109 Å². The van der Waals surface area contributed by atoms with Crippen molar-refractivity contribution >= 4 is 85.3 Å². The molecule has 126 heavy (non-hydrogen) atoms. The van der Waals surface area contributed by atoms with Crippen molar-refractivity contribution in [3.8, 4) is 22.3 Å². The molecule has 4 aromatic carbocycles. The molecule has 35 nitrogen and oxygen atoms in total. The number of benzene rings is 4. The van der Waals surface area contributed by atoms with Crippen LogP contribution in [0.4, 0.5) is 11.4 Å². The van der Waals surface area contributed by atoms with Crippen LogP contribution in [0.25, 0.3) is 34.4 Å². The number of rotatable bonds is 60. The van der Waals surface area contributed by atoms with Crippen LogP contribution < -0.4 is 35.6 Å². The van der Waals surface area contributed by atoms with Crippen LogP contribution in [0.5, 0.6) is 0 Å². The normalized spacial score (nSPS) is 14.1. The summed E-state index contributed by atoms with van der Waals surface area (Å²) in [7, 11) is -0.959. The molecule has 4 aromatic rings. The van der Waals surface area contributed by atoms with E-state index in [1.165, 1.54) is 22.8 Å². The molecule has 0 radical (unpaired) electrons. The minimum atomic E-state index is -3.77. The molecule has 2 amide bonds. The zero-order valence-corrected chi connectivity index (χ0v) is 76.8. The summed E-state index contributed by atoms with van der Waals surface area (Å²) in [6.45, 7) is 23.3. The molecule has 4 heterocycles. The molecular formula is C88H135LiN10O25S2. The number of carbonyl (C=O) groups excluding carboxylic acids is 5. The second kappa shape index (κ2) is 62.8. The predicted molar refractivity (Wildman–Crippen MR) is 474 cm³/mol. The largest absolute Gasteiger partial charge is 1.00 e. The zero-order chi connectivity index (χ0) is 89.9. The predicted octanol–water partition coefficient (Wildman–Crippen LogP) is 3.25. The van der Waals surface area contributed by atoms with E-state index in [4.69, 9.17) is 63.6 Å². The first kappa shape index (κ1) is 111. The Hall–Kier alpha value is -7.37. The smallest absolute Gasteiger partial charge is 0.870 e. The number of carbonyl (C=O) groups is 5. The van der Waals surface area contributed by atoms with Crippen molar-refractivity contribution in [2.24, 2.45) is 33.3 Å². The number of aliphatic hydroxyl groups is 2. The van der Waals surface area contributed by atoms with Crippen LogP contribution in [-0.2, 0) is 119 Å². The van der Waals surface area contributed by atoms with Gasteiger partial charge in [-0.15, -0.1) is 0 Å². The maximum Gasteiger partial charge on any atom is 1.00 e. The quantitative estimate of drug-likeness (QED) is 0.0183. The van der Waals surface area contributed by atoms with Gasteiger partial charge in [-0.05, 0) is 122 Å². The maximum atomic E-state index is 13.5. The molecule has 700 valence electrons. The molecule has 0 saturated carbocycles. The second-order valence-corrected chi connectivity index (χ2v) is 33.6. The van der Waals surface area contributed by atoms with E-state index in [-0.39, 0.29) is 135 Å². The number of nitrogens with zero attached hydrogens (tertiary/aromatic N) is 7. The number of esters is 2. The van der Waals surface area contributed by atoms with Crippen LogP contribution in [0.2, 0.25) is 0 Å². The minimum Gasteiger partial charge on any atom is -0.870 e.